The molecule has 2 atom stereocenters. The average Bonchev–Trinajstić information content (AvgIpc) is 2.49. The SMILES string of the molecule is Cc1ccsc1C(O)C1CC1(C)C. The highest BCUT2D eigenvalue weighted by Gasteiger charge is 2.50. The van der Waals surface area contributed by atoms with Gasteiger partial charge in [0, 0.05) is 4.88 Å². The van der Waals surface area contributed by atoms with Gasteiger partial charge in [0.25, 0.3) is 0 Å². The molecule has 1 aromatic rings. The number of aryl methyl sites for hydroxylation is 1. The molecule has 2 rings (SSSR count). The van der Waals surface area contributed by atoms with E-state index < -0.39 is 0 Å². The van der Waals surface area contributed by atoms with E-state index >= 15 is 0 Å². The summed E-state index contributed by atoms with van der Waals surface area (Å²) in [7, 11) is 0. The average molecular weight is 196 g/mol. The van der Waals surface area contributed by atoms with Crippen LogP contribution in [0.2, 0.25) is 0 Å². The molecule has 1 fully saturated rings. The van der Waals surface area contributed by atoms with E-state index in [0.717, 1.165) is 11.3 Å². The number of aliphatic hydroxyl groups excluding tert-OH is 1. The Morgan fingerprint density at radius 3 is 2.62 bits per heavy atom. The zero-order chi connectivity index (χ0) is 9.64. The zero-order valence-corrected chi connectivity index (χ0v) is 9.19. The van der Waals surface area contributed by atoms with Gasteiger partial charge in [-0.15, -0.1) is 11.3 Å². The summed E-state index contributed by atoms with van der Waals surface area (Å²) in [5, 5.41) is 12.1. The molecule has 72 valence electrons. The van der Waals surface area contributed by atoms with Crippen LogP contribution in [0.15, 0.2) is 11.4 Å². The van der Waals surface area contributed by atoms with E-state index in [2.05, 4.69) is 32.2 Å². The second-order valence-corrected chi connectivity index (χ2v) is 5.66. The lowest BCUT2D eigenvalue weighted by Gasteiger charge is -2.11. The van der Waals surface area contributed by atoms with Crippen LogP contribution in [0.25, 0.3) is 0 Å². The first-order valence-corrected chi connectivity index (χ1v) is 5.62. The first-order chi connectivity index (χ1) is 6.02. The minimum atomic E-state index is -0.227. The van der Waals surface area contributed by atoms with Gasteiger partial charge in [0.2, 0.25) is 0 Å². The van der Waals surface area contributed by atoms with Crippen LogP contribution in [0.3, 0.4) is 0 Å². The standard InChI is InChI=1S/C11H16OS/c1-7-4-5-13-10(7)9(12)8-6-11(8,2)3/h4-5,8-9,12H,6H2,1-3H3. The molecule has 0 amide bonds. The number of hydrogen-bond donors (Lipinski definition) is 1. The van der Waals surface area contributed by atoms with Crippen LogP contribution in [0.4, 0.5) is 0 Å². The normalized spacial score (nSPS) is 27.2. The van der Waals surface area contributed by atoms with E-state index in [1.807, 2.05) is 0 Å². The molecule has 1 saturated carbocycles. The fourth-order valence-corrected chi connectivity index (χ4v) is 2.89. The lowest BCUT2D eigenvalue weighted by atomic mass is 10.0. The van der Waals surface area contributed by atoms with Crippen molar-refractivity contribution in [3.8, 4) is 0 Å². The molecule has 13 heavy (non-hydrogen) atoms. The number of rotatable bonds is 2. The Bertz CT molecular complexity index is 314. The molecule has 1 aliphatic carbocycles. The van der Waals surface area contributed by atoms with Crippen molar-refractivity contribution < 1.29 is 5.11 Å². The quantitative estimate of drug-likeness (QED) is 0.770. The highest BCUT2D eigenvalue weighted by atomic mass is 32.1. The Morgan fingerprint density at radius 2 is 2.23 bits per heavy atom. The van der Waals surface area contributed by atoms with Gasteiger partial charge >= 0.3 is 0 Å². The number of hydrogen-bond acceptors (Lipinski definition) is 2. The summed E-state index contributed by atoms with van der Waals surface area (Å²) in [6, 6.07) is 2.08. The lowest BCUT2D eigenvalue weighted by Crippen LogP contribution is -2.03. The Balaban J connectivity index is 2.15. The topological polar surface area (TPSA) is 20.2 Å². The smallest absolute Gasteiger partial charge is 0.0917 e. The van der Waals surface area contributed by atoms with Gasteiger partial charge in [-0.05, 0) is 41.7 Å². The van der Waals surface area contributed by atoms with Crippen molar-refractivity contribution in [3.05, 3.63) is 21.9 Å². The Hall–Kier alpha value is -0.340. The molecule has 1 nitrogen and oxygen atoms in total. The first-order valence-electron chi connectivity index (χ1n) is 4.74. The van der Waals surface area contributed by atoms with Crippen molar-refractivity contribution in [2.75, 3.05) is 0 Å². The molecule has 0 saturated heterocycles. The lowest BCUT2D eigenvalue weighted by molar-refractivity contribution is 0.141. The molecule has 2 unspecified atom stereocenters. The van der Waals surface area contributed by atoms with E-state index in [4.69, 9.17) is 0 Å². The van der Waals surface area contributed by atoms with Crippen LogP contribution in [0.5, 0.6) is 0 Å². The molecule has 0 bridgehead atoms. The maximum Gasteiger partial charge on any atom is 0.0917 e. The second kappa shape index (κ2) is 2.82. The van der Waals surface area contributed by atoms with Crippen LogP contribution in [0, 0.1) is 18.3 Å². The summed E-state index contributed by atoms with van der Waals surface area (Å²) in [6.07, 6.45) is 0.931. The van der Waals surface area contributed by atoms with Crippen molar-refractivity contribution in [2.24, 2.45) is 11.3 Å². The van der Waals surface area contributed by atoms with Gasteiger partial charge in [-0.25, -0.2) is 0 Å². The van der Waals surface area contributed by atoms with Crippen LogP contribution < -0.4 is 0 Å². The highest BCUT2D eigenvalue weighted by Crippen LogP contribution is 2.58. The third-order valence-electron chi connectivity index (χ3n) is 3.14. The van der Waals surface area contributed by atoms with Crippen molar-refractivity contribution in [3.63, 3.8) is 0 Å². The van der Waals surface area contributed by atoms with Crippen LogP contribution in [-0.2, 0) is 0 Å². The van der Waals surface area contributed by atoms with Crippen molar-refractivity contribution in [1.82, 2.24) is 0 Å². The summed E-state index contributed by atoms with van der Waals surface area (Å²) in [6.45, 7) is 6.53. The Morgan fingerprint density at radius 1 is 1.62 bits per heavy atom. The summed E-state index contributed by atoms with van der Waals surface area (Å²) in [5.74, 6) is 0.477. The van der Waals surface area contributed by atoms with Gasteiger partial charge in [-0.1, -0.05) is 13.8 Å². The Labute approximate surface area is 83.4 Å². The van der Waals surface area contributed by atoms with Gasteiger partial charge < -0.3 is 5.11 Å². The van der Waals surface area contributed by atoms with Gasteiger partial charge in [0.05, 0.1) is 6.10 Å². The maximum atomic E-state index is 10.1. The van der Waals surface area contributed by atoms with Gasteiger partial charge in [-0.3, -0.25) is 0 Å². The molecule has 1 N–H and O–H groups in total. The van der Waals surface area contributed by atoms with E-state index in [0.29, 0.717) is 11.3 Å². The second-order valence-electron chi connectivity index (χ2n) is 4.71. The molecule has 2 heteroatoms. The fourth-order valence-electron chi connectivity index (χ4n) is 1.92. The van der Waals surface area contributed by atoms with Gasteiger partial charge in [0.15, 0.2) is 0 Å². The van der Waals surface area contributed by atoms with E-state index in [-0.39, 0.29) is 6.10 Å². The maximum absolute atomic E-state index is 10.1. The monoisotopic (exact) mass is 196 g/mol. The van der Waals surface area contributed by atoms with Gasteiger partial charge in [-0.2, -0.15) is 0 Å². The summed E-state index contributed by atoms with van der Waals surface area (Å²) < 4.78 is 0. The van der Waals surface area contributed by atoms with Crippen molar-refractivity contribution in [2.45, 2.75) is 33.3 Å². The molecular weight excluding hydrogens is 180 g/mol. The zero-order valence-electron chi connectivity index (χ0n) is 8.37. The molecule has 1 aliphatic rings. The minimum Gasteiger partial charge on any atom is -0.387 e. The van der Waals surface area contributed by atoms with Crippen LogP contribution in [0.1, 0.15) is 36.8 Å². The van der Waals surface area contributed by atoms with Crippen LogP contribution >= 0.6 is 11.3 Å². The van der Waals surface area contributed by atoms with Crippen molar-refractivity contribution >= 4 is 11.3 Å². The van der Waals surface area contributed by atoms with Crippen LogP contribution in [-0.4, -0.2) is 5.11 Å². The molecule has 1 heterocycles. The molecule has 0 radical (unpaired) electrons. The predicted molar refractivity (Wildman–Crippen MR) is 55.9 cm³/mol. The molecular formula is C11H16OS. The number of aliphatic hydroxyl groups is 1. The van der Waals surface area contributed by atoms with Crippen molar-refractivity contribution in [1.29, 1.82) is 0 Å². The van der Waals surface area contributed by atoms with Gasteiger partial charge in [0.1, 0.15) is 0 Å². The highest BCUT2D eigenvalue weighted by molar-refractivity contribution is 7.10. The molecule has 0 aromatic carbocycles. The summed E-state index contributed by atoms with van der Waals surface area (Å²) >= 11 is 1.68. The molecule has 0 aliphatic heterocycles. The first kappa shape index (κ1) is 9.22. The molecule has 0 spiro atoms. The van der Waals surface area contributed by atoms with E-state index in [1.165, 1.54) is 5.56 Å². The Kier molecular flexibility index (Phi) is 2.00. The predicted octanol–water partition coefficient (Wildman–Crippen LogP) is 3.14. The minimum absolute atomic E-state index is 0.227. The van der Waals surface area contributed by atoms with E-state index in [9.17, 15) is 5.11 Å². The summed E-state index contributed by atoms with van der Waals surface area (Å²) in [4.78, 5) is 1.16. The van der Waals surface area contributed by atoms with E-state index in [1.54, 1.807) is 11.3 Å². The largest absolute Gasteiger partial charge is 0.387 e. The molecule has 1 aromatic heterocycles. The summed E-state index contributed by atoms with van der Waals surface area (Å²) in [5.41, 5.74) is 1.59. The fraction of sp³-hybridized carbons (Fsp3) is 0.636. The number of thiophene rings is 1. The third-order valence-corrected chi connectivity index (χ3v) is 4.23. The third kappa shape index (κ3) is 1.53.